The van der Waals surface area contributed by atoms with E-state index in [1.54, 1.807) is 0 Å². The van der Waals surface area contributed by atoms with Gasteiger partial charge in [-0.25, -0.2) is 0 Å². The third kappa shape index (κ3) is 1.68. The van der Waals surface area contributed by atoms with Gasteiger partial charge in [-0.1, -0.05) is 30.3 Å². The van der Waals surface area contributed by atoms with E-state index in [0.717, 1.165) is 11.8 Å². The van der Waals surface area contributed by atoms with Gasteiger partial charge >= 0.3 is 0 Å². The Morgan fingerprint density at radius 1 is 1.22 bits per heavy atom. The van der Waals surface area contributed by atoms with E-state index in [4.69, 9.17) is 4.79 Å². The summed E-state index contributed by atoms with van der Waals surface area (Å²) in [4.78, 5) is 8.39. The Morgan fingerprint density at radius 2 is 1.89 bits per heavy atom. The molecule has 0 atom stereocenters. The largest absolute Gasteiger partial charge is 0.286 e. The Bertz CT molecular complexity index is 179. The van der Waals surface area contributed by atoms with Crippen molar-refractivity contribution >= 4 is 6.29 Å². The molecule has 0 saturated heterocycles. The predicted molar refractivity (Wildman–Crippen MR) is 38.1 cm³/mol. The van der Waals surface area contributed by atoms with Crippen molar-refractivity contribution in [3.8, 4) is 0 Å². The summed E-state index contributed by atoms with van der Waals surface area (Å²) < 4.78 is 0. The van der Waals surface area contributed by atoms with Gasteiger partial charge in [-0.15, -0.1) is 0 Å². The van der Waals surface area contributed by atoms with Crippen molar-refractivity contribution in [1.29, 1.82) is 0 Å². The zero-order valence-corrected chi connectivity index (χ0v) is 5.12. The molecule has 1 nitrogen and oxygen atoms in total. The molecule has 1 rings (SSSR count). The smallest absolute Gasteiger partial charge is 0.286 e. The van der Waals surface area contributed by atoms with Gasteiger partial charge in [0.1, 0.15) is 0 Å². The van der Waals surface area contributed by atoms with E-state index in [2.05, 4.69) is 0 Å². The number of hydrogen-bond donors (Lipinski definition) is 0. The molecular formula is C8H9O+. The van der Waals surface area contributed by atoms with Crippen molar-refractivity contribution in [3.63, 3.8) is 0 Å². The van der Waals surface area contributed by atoms with E-state index in [0.29, 0.717) is 6.42 Å². The summed E-state index contributed by atoms with van der Waals surface area (Å²) in [7, 11) is 0. The van der Waals surface area contributed by atoms with Crippen LogP contribution in [0.2, 0.25) is 0 Å². The van der Waals surface area contributed by atoms with Gasteiger partial charge in [-0.05, 0) is 5.56 Å². The molecule has 0 aliphatic rings. The van der Waals surface area contributed by atoms with E-state index in [-0.39, 0.29) is 0 Å². The van der Waals surface area contributed by atoms with E-state index in [1.165, 1.54) is 0 Å². The van der Waals surface area contributed by atoms with Crippen LogP contribution < -0.4 is 0 Å². The van der Waals surface area contributed by atoms with Gasteiger partial charge in [-0.3, -0.25) is 4.79 Å². The first-order valence-corrected chi connectivity index (χ1v) is 2.93. The van der Waals surface area contributed by atoms with Crippen LogP contribution in [0.25, 0.3) is 0 Å². The van der Waals surface area contributed by atoms with E-state index in [9.17, 15) is 0 Å². The third-order valence-corrected chi connectivity index (χ3v) is 1.17. The highest BCUT2D eigenvalue weighted by Gasteiger charge is 1.88. The van der Waals surface area contributed by atoms with Gasteiger partial charge in [0.25, 0.3) is 6.29 Å². The first kappa shape index (κ1) is 6.02. The fraction of sp³-hybridized carbons (Fsp3) is 0.125. The zero-order valence-electron chi connectivity index (χ0n) is 5.12. The lowest BCUT2D eigenvalue weighted by Gasteiger charge is -1.87. The fourth-order valence-electron chi connectivity index (χ4n) is 0.720. The average molecular weight is 121 g/mol. The Morgan fingerprint density at radius 3 is 2.44 bits per heavy atom. The van der Waals surface area contributed by atoms with E-state index < -0.39 is 0 Å². The van der Waals surface area contributed by atoms with E-state index in [1.807, 2.05) is 30.3 Å². The molecule has 0 aliphatic carbocycles. The van der Waals surface area contributed by atoms with Gasteiger partial charge in [0.15, 0.2) is 0 Å². The molecule has 0 fully saturated rings. The molecule has 0 aliphatic heterocycles. The van der Waals surface area contributed by atoms with Crippen molar-refractivity contribution in [2.75, 3.05) is 0 Å². The maximum atomic E-state index is 8.39. The quantitative estimate of drug-likeness (QED) is 0.416. The van der Waals surface area contributed by atoms with E-state index >= 15 is 0 Å². The Kier molecular flexibility index (Phi) is 2.02. The van der Waals surface area contributed by atoms with Gasteiger partial charge in [-0.2, -0.15) is 0 Å². The normalized spacial score (nSPS) is 8.89. The fourth-order valence-corrected chi connectivity index (χ4v) is 0.720. The molecule has 1 N–H and O–H groups in total. The topological polar surface area (TPSA) is 21.4 Å². The molecule has 1 heteroatoms. The first-order valence-electron chi connectivity index (χ1n) is 2.93. The second-order valence-electron chi connectivity index (χ2n) is 1.87. The van der Waals surface area contributed by atoms with Crippen LogP contribution in [0.3, 0.4) is 0 Å². The van der Waals surface area contributed by atoms with Crippen LogP contribution in [0.1, 0.15) is 5.56 Å². The minimum atomic E-state index is 0.640. The minimum Gasteiger partial charge on any atom is -0.286 e. The highest BCUT2D eigenvalue weighted by Crippen LogP contribution is 1.96. The highest BCUT2D eigenvalue weighted by molar-refractivity contribution is 5.55. The molecule has 0 bridgehead atoms. The van der Waals surface area contributed by atoms with Gasteiger partial charge in [0, 0.05) is 0 Å². The summed E-state index contributed by atoms with van der Waals surface area (Å²) in [5.41, 5.74) is 1.14. The predicted octanol–water partition coefficient (Wildman–Crippen LogP) is 1.40. The minimum absolute atomic E-state index is 0.640. The summed E-state index contributed by atoms with van der Waals surface area (Å²) >= 11 is 0. The third-order valence-electron chi connectivity index (χ3n) is 1.17. The van der Waals surface area contributed by atoms with Crippen LogP contribution in [0.5, 0.6) is 0 Å². The summed E-state index contributed by atoms with van der Waals surface area (Å²) in [5, 5.41) is 0. The second-order valence-corrected chi connectivity index (χ2v) is 1.87. The van der Waals surface area contributed by atoms with Crippen molar-refractivity contribution in [2.45, 2.75) is 6.42 Å². The van der Waals surface area contributed by atoms with Crippen molar-refractivity contribution in [2.24, 2.45) is 0 Å². The monoisotopic (exact) mass is 121 g/mol. The number of rotatable bonds is 2. The molecule has 1 aromatic rings. The molecule has 0 unspecified atom stereocenters. The summed E-state index contributed by atoms with van der Waals surface area (Å²) in [6.45, 7) is 0. The summed E-state index contributed by atoms with van der Waals surface area (Å²) in [6, 6.07) is 9.83. The van der Waals surface area contributed by atoms with Gasteiger partial charge in [0.2, 0.25) is 0 Å². The molecule has 0 heterocycles. The molecule has 0 amide bonds. The molecule has 0 spiro atoms. The van der Waals surface area contributed by atoms with Crippen LogP contribution in [0.4, 0.5) is 0 Å². The number of hydrogen-bond acceptors (Lipinski definition) is 0. The number of aldehydes is 1. The lowest BCUT2D eigenvalue weighted by molar-refractivity contribution is 0.685. The molecule has 0 saturated carbocycles. The van der Waals surface area contributed by atoms with Crippen LogP contribution in [-0.2, 0) is 6.42 Å². The Hall–Kier alpha value is -1.11. The maximum absolute atomic E-state index is 8.39. The standard InChI is InChI=1S/C8H8O/c9-7-6-8-4-2-1-3-5-8/h1-5,7H,6H2/p+1. The average Bonchev–Trinajstić information content (AvgIpc) is 1.91. The first-order chi connectivity index (χ1) is 4.43. The Balaban J connectivity index is 2.72. The maximum Gasteiger partial charge on any atom is 0.286 e. The zero-order chi connectivity index (χ0) is 6.53. The number of benzene rings is 1. The highest BCUT2D eigenvalue weighted by atomic mass is 16.1. The molecule has 0 radical (unpaired) electrons. The molecular weight excluding hydrogens is 112 g/mol. The molecule has 1 aromatic carbocycles. The van der Waals surface area contributed by atoms with Crippen LogP contribution in [-0.4, -0.2) is 11.1 Å². The lowest BCUT2D eigenvalue weighted by atomic mass is 10.2. The lowest BCUT2D eigenvalue weighted by Crippen LogP contribution is -1.82. The van der Waals surface area contributed by atoms with Crippen LogP contribution in [0.15, 0.2) is 30.3 Å². The molecule has 0 aromatic heterocycles. The van der Waals surface area contributed by atoms with Crippen LogP contribution >= 0.6 is 0 Å². The van der Waals surface area contributed by atoms with Crippen molar-refractivity contribution < 1.29 is 4.79 Å². The summed E-state index contributed by atoms with van der Waals surface area (Å²) in [6.07, 6.45) is 1.80. The molecule has 9 heavy (non-hydrogen) atoms. The molecule has 46 valence electrons. The SMILES string of the molecule is [OH+]=CCc1ccccc1. The van der Waals surface area contributed by atoms with Crippen LogP contribution in [0, 0.1) is 0 Å². The van der Waals surface area contributed by atoms with Crippen molar-refractivity contribution in [1.82, 2.24) is 0 Å². The van der Waals surface area contributed by atoms with Gasteiger partial charge in [0.05, 0.1) is 6.42 Å². The summed E-state index contributed by atoms with van der Waals surface area (Å²) in [5.74, 6) is 0. The second kappa shape index (κ2) is 3.02. The van der Waals surface area contributed by atoms with Crippen molar-refractivity contribution in [3.05, 3.63) is 35.9 Å². The Labute approximate surface area is 54.3 Å². The number of carbonyl (C=O) groups excluding carboxylic acids is 1. The van der Waals surface area contributed by atoms with Gasteiger partial charge < -0.3 is 0 Å².